The molecule has 0 aliphatic carbocycles. The minimum atomic E-state index is -3.13. The molecule has 178 valence electrons. The quantitative estimate of drug-likeness (QED) is 0.265. The van der Waals surface area contributed by atoms with Gasteiger partial charge in [0.25, 0.3) is 0 Å². The van der Waals surface area contributed by atoms with E-state index in [1.807, 2.05) is 0 Å². The molecule has 0 aromatic rings. The average Bonchev–Trinajstić information content (AvgIpc) is 2.12. The van der Waals surface area contributed by atoms with Gasteiger partial charge in [-0.25, -0.2) is 4.79 Å². The fourth-order valence-corrected chi connectivity index (χ4v) is 0.714. The average molecular weight is 792 g/mol. The summed E-state index contributed by atoms with van der Waals surface area (Å²) in [5, 5.41) is 33.8. The fourth-order valence-electron chi connectivity index (χ4n) is 0.714. The molecule has 0 saturated heterocycles. The number of hydrogen-bond acceptors (Lipinski definition) is 5. The third-order valence-corrected chi connectivity index (χ3v) is 1.29. The van der Waals surface area contributed by atoms with Crippen molar-refractivity contribution in [3.63, 3.8) is 0 Å². The van der Waals surface area contributed by atoms with Gasteiger partial charge < -0.3 is 26.6 Å². The predicted molar refractivity (Wildman–Crippen MR) is 116 cm³/mol. The van der Waals surface area contributed by atoms with Gasteiger partial charge in [-0.15, -0.1) is 37.2 Å². The van der Waals surface area contributed by atoms with E-state index in [0.717, 1.165) is 0 Å². The standard InChI is InChI=1S/C6H8O7.Al.9ClH.Cr.Mo.H3N.Na.Ni.4H/c7-3(8)1-6(13,5(11)12)2-4(9)10;;;;;;;;;;;;;;;;;;;/h13H,1-2H2,(H,7,8)(H,9,10)(H,11,12);;9*1H;;;1H3;;;;;;/q;;;;;;;;;;;;+4;;;+2;;;;/p-6. The summed E-state index contributed by atoms with van der Waals surface area (Å²) in [6, 6.07) is 0. The first-order valence-electron chi connectivity index (χ1n) is 4.03. The summed E-state index contributed by atoms with van der Waals surface area (Å²) < 4.78 is 0. The first kappa shape index (κ1) is 63.6. The summed E-state index contributed by atoms with van der Waals surface area (Å²) in [6.45, 7) is 0. The molecular weight excluding hydrogens is 774 g/mol. The van der Waals surface area contributed by atoms with Crippen LogP contribution >= 0.6 is 95.3 Å². The van der Waals surface area contributed by atoms with Gasteiger partial charge in [0.1, 0.15) is 0 Å². The van der Waals surface area contributed by atoms with Crippen LogP contribution in [0.25, 0.3) is 0 Å². The van der Waals surface area contributed by atoms with Gasteiger partial charge in [0, 0.05) is 17.4 Å². The molecule has 0 radical (unpaired) electrons. The van der Waals surface area contributed by atoms with Crippen molar-refractivity contribution in [1.29, 1.82) is 0 Å². The van der Waals surface area contributed by atoms with Gasteiger partial charge in [-0.3, -0.25) is 9.59 Å². The Balaban J connectivity index is -0.0000000237. The van der Waals surface area contributed by atoms with Crippen molar-refractivity contribution in [1.82, 2.24) is 6.15 Å². The Bertz CT molecular complexity index is 358. The minimum absolute atomic E-state index is 0. The van der Waals surface area contributed by atoms with Crippen LogP contribution in [-0.2, 0) is 56.3 Å². The number of hydrogen-bond donors (Lipinski definition) is 5. The van der Waals surface area contributed by atoms with E-state index in [0.29, 0.717) is 12.7 Å². The number of halogens is 9. The summed E-state index contributed by atoms with van der Waals surface area (Å²) >= 11 is -2.56. The summed E-state index contributed by atoms with van der Waals surface area (Å²) in [7, 11) is 29.5. The third kappa shape index (κ3) is 63.1. The molecule has 0 saturated carbocycles. The number of carboxylic acids is 3. The molecule has 0 aromatic heterocycles. The Labute approximate surface area is 257 Å². The third-order valence-electron chi connectivity index (χ3n) is 1.29. The number of carboxylic acid groups (broad SMARTS) is 3. The summed E-state index contributed by atoms with van der Waals surface area (Å²) in [4.78, 5) is 30.5. The molecule has 0 aromatic carbocycles. The summed E-state index contributed by atoms with van der Waals surface area (Å²) in [5.41, 5.74) is -2.74. The molecule has 22 heteroatoms. The van der Waals surface area contributed by atoms with Gasteiger partial charge in [0.15, 0.2) is 23.0 Å². The Kier molecular flexibility index (Phi) is 81.2. The second-order valence-electron chi connectivity index (χ2n) is 2.87. The van der Waals surface area contributed by atoms with Crippen LogP contribution in [0.15, 0.2) is 0 Å². The van der Waals surface area contributed by atoms with Crippen molar-refractivity contribution in [2.75, 3.05) is 0 Å². The molecule has 8 nitrogen and oxygen atoms in total. The van der Waals surface area contributed by atoms with Crippen LogP contribution in [0.1, 0.15) is 12.8 Å². The Morgan fingerprint density at radius 3 is 1.07 bits per heavy atom. The Morgan fingerprint density at radius 2 is 1.00 bits per heavy atom. The first-order valence-corrected chi connectivity index (χ1v) is 17.1. The van der Waals surface area contributed by atoms with Gasteiger partial charge in [-0.2, -0.15) is 0 Å². The van der Waals surface area contributed by atoms with Crippen molar-refractivity contribution in [2.24, 2.45) is 0 Å². The Morgan fingerprint density at radius 1 is 0.857 bits per heavy atom. The Hall–Kier alpha value is 4.19. The predicted octanol–water partition coefficient (Wildman–Crippen LogP) is 2.48. The van der Waals surface area contributed by atoms with Crippen molar-refractivity contribution in [2.45, 2.75) is 18.4 Å². The first-order chi connectivity index (χ1) is 9.19. The SMILES string of the molecule is Cl.Cl.Cl.N.O=C(O)CC(O)(CC(=O)O)C(=O)O.[AlH3].[Cl][Mo]([Cl])([Cl])[Cl].[Cl][Ni][Cl].[Cr].[NaH]. The van der Waals surface area contributed by atoms with E-state index in [2.05, 4.69) is 0 Å². The van der Waals surface area contributed by atoms with Gasteiger partial charge in [-0.05, 0) is 0 Å². The molecule has 0 spiro atoms. The molecule has 0 amide bonds. The molecule has 0 fully saturated rings. The van der Waals surface area contributed by atoms with E-state index in [-0.39, 0.29) is 108 Å². The van der Waals surface area contributed by atoms with Crippen LogP contribution < -0.4 is 6.15 Å². The molecule has 0 atom stereocenters. The number of aliphatic hydroxyl groups is 1. The fraction of sp³-hybridized carbons (Fsp3) is 0.500. The van der Waals surface area contributed by atoms with Gasteiger partial charge in [-0.1, -0.05) is 0 Å². The van der Waals surface area contributed by atoms with Crippen LogP contribution in [0.5, 0.6) is 0 Å². The van der Waals surface area contributed by atoms with Gasteiger partial charge in [0.2, 0.25) is 0 Å². The molecule has 28 heavy (non-hydrogen) atoms. The van der Waals surface area contributed by atoms with E-state index in [1.54, 1.807) is 0 Å². The van der Waals surface area contributed by atoms with Crippen molar-refractivity contribution in [3.8, 4) is 0 Å². The van der Waals surface area contributed by atoms with Crippen LogP contribution in [0.4, 0.5) is 0 Å². The monoisotopic (exact) mass is 789 g/mol. The van der Waals surface area contributed by atoms with E-state index in [1.165, 1.54) is 0 Å². The van der Waals surface area contributed by atoms with Crippen molar-refractivity contribution >= 4 is 160 Å². The molecule has 0 aliphatic rings. The molecular formula is C6H18AlCl9CrMoNNaNiO7. The van der Waals surface area contributed by atoms with E-state index in [9.17, 15) is 14.4 Å². The zero-order chi connectivity index (χ0) is 17.9. The van der Waals surface area contributed by atoms with Crippen molar-refractivity contribution in [3.05, 3.63) is 0 Å². The molecule has 0 bridgehead atoms. The molecule has 0 aliphatic heterocycles. The molecule has 7 N–H and O–H groups in total. The maximum absolute atomic E-state index is 10.3. The van der Waals surface area contributed by atoms with Gasteiger partial charge >= 0.3 is 130 Å². The second-order valence-corrected chi connectivity index (χ2v) is 22.8. The maximum atomic E-state index is 10.3. The zero-order valence-corrected chi connectivity index (χ0v) is 23.0. The molecule has 0 unspecified atom stereocenters. The van der Waals surface area contributed by atoms with E-state index in [4.69, 9.17) is 78.5 Å². The normalized spacial score (nSPS) is 8.54. The van der Waals surface area contributed by atoms with Crippen LogP contribution in [-0.4, -0.2) is 90.9 Å². The number of aliphatic carboxylic acids is 3. The van der Waals surface area contributed by atoms with Gasteiger partial charge in [0.05, 0.1) is 12.8 Å². The summed E-state index contributed by atoms with van der Waals surface area (Å²) in [6.07, 6.45) is -2.29. The number of rotatable bonds is 5. The summed E-state index contributed by atoms with van der Waals surface area (Å²) in [5.74, 6) is -5.02. The molecule has 0 heterocycles. The molecule has 0 rings (SSSR count). The van der Waals surface area contributed by atoms with Crippen LogP contribution in [0.3, 0.4) is 0 Å². The van der Waals surface area contributed by atoms with Crippen LogP contribution in [0.2, 0.25) is 0 Å². The second kappa shape index (κ2) is 35.8. The number of carbonyl (C=O) groups is 3. The van der Waals surface area contributed by atoms with Crippen LogP contribution in [0, 0.1) is 0 Å². The topological polar surface area (TPSA) is 167 Å². The zero-order valence-electron chi connectivity index (χ0n) is 11.8. The van der Waals surface area contributed by atoms with E-state index >= 15 is 0 Å². The van der Waals surface area contributed by atoms with Crippen molar-refractivity contribution < 1.29 is 76.7 Å². The van der Waals surface area contributed by atoms with E-state index < -0.39 is 48.2 Å².